The molecule has 0 aliphatic heterocycles. The quantitative estimate of drug-likeness (QED) is 0.564. The first-order chi connectivity index (χ1) is 15.6. The average Bonchev–Trinajstić information content (AvgIpc) is 2.83. The van der Waals surface area contributed by atoms with Crippen LogP contribution < -0.4 is 10.9 Å². The number of aromatic nitrogens is 2. The molecule has 0 aliphatic rings. The molecule has 1 N–H and O–H groups in total. The number of benzene rings is 2. The molecule has 6 heteroatoms. The fourth-order valence-electron chi connectivity index (χ4n) is 3.99. The lowest BCUT2D eigenvalue weighted by Gasteiger charge is -2.18. The van der Waals surface area contributed by atoms with Gasteiger partial charge in [0.2, 0.25) is 5.91 Å². The molecule has 0 radical (unpaired) electrons. The summed E-state index contributed by atoms with van der Waals surface area (Å²) < 4.78 is 1.11. The number of hydrogen-bond acceptors (Lipinski definition) is 4. The Morgan fingerprint density at radius 1 is 1.03 bits per heavy atom. The number of amides is 1. The maximum atomic E-state index is 12.6. The van der Waals surface area contributed by atoms with Gasteiger partial charge in [0.1, 0.15) is 18.2 Å². The second-order valence-electron chi connectivity index (χ2n) is 7.59. The molecule has 1 aromatic heterocycles. The first-order valence-corrected chi connectivity index (χ1v) is 11.0. The third kappa shape index (κ3) is 5.30. The second kappa shape index (κ2) is 11.1. The van der Waals surface area contributed by atoms with Gasteiger partial charge in [-0.15, -0.1) is 0 Å². The van der Waals surface area contributed by atoms with Gasteiger partial charge in [0, 0.05) is 12.5 Å². The van der Waals surface area contributed by atoms with Gasteiger partial charge in [0.15, 0.2) is 0 Å². The smallest absolute Gasteiger partial charge is 0.285 e. The van der Waals surface area contributed by atoms with Gasteiger partial charge in [0.25, 0.3) is 5.56 Å². The summed E-state index contributed by atoms with van der Waals surface area (Å²) in [5.74, 6) is -0.145. The molecule has 2 aromatic carbocycles. The Morgan fingerprint density at radius 3 is 2.12 bits per heavy atom. The normalized spacial score (nSPS) is 10.7. The van der Waals surface area contributed by atoms with E-state index in [0.717, 1.165) is 11.1 Å². The van der Waals surface area contributed by atoms with Crippen LogP contribution in [0.3, 0.4) is 0 Å². The monoisotopic (exact) mass is 428 g/mol. The van der Waals surface area contributed by atoms with Gasteiger partial charge in [-0.2, -0.15) is 10.4 Å². The Bertz CT molecular complexity index is 1110. The zero-order chi connectivity index (χ0) is 22.9. The molecule has 1 amide bonds. The largest absolute Gasteiger partial charge is 0.354 e. The van der Waals surface area contributed by atoms with Gasteiger partial charge in [-0.05, 0) is 36.0 Å². The topological polar surface area (TPSA) is 87.8 Å². The Morgan fingerprint density at radius 2 is 1.62 bits per heavy atom. The number of carbonyl (C=O) groups excluding carboxylic acids is 1. The van der Waals surface area contributed by atoms with Crippen LogP contribution in [0.25, 0.3) is 0 Å². The molecule has 0 aliphatic carbocycles. The van der Waals surface area contributed by atoms with E-state index in [1.165, 1.54) is 11.1 Å². The summed E-state index contributed by atoms with van der Waals surface area (Å²) in [6.07, 6.45) is 1.87. The van der Waals surface area contributed by atoms with Crippen LogP contribution in [0.5, 0.6) is 0 Å². The van der Waals surface area contributed by atoms with Crippen molar-refractivity contribution in [3.63, 3.8) is 0 Å². The van der Waals surface area contributed by atoms with Gasteiger partial charge in [-0.25, -0.2) is 4.68 Å². The number of aryl methyl sites for hydroxylation is 1. The molecule has 1 heterocycles. The fourth-order valence-corrected chi connectivity index (χ4v) is 3.99. The minimum absolute atomic E-state index is 0.0837. The number of nitrogens with one attached hydrogen (secondary N) is 1. The lowest BCUT2D eigenvalue weighted by molar-refractivity contribution is -0.121. The van der Waals surface area contributed by atoms with Crippen molar-refractivity contribution in [2.75, 3.05) is 6.54 Å². The maximum Gasteiger partial charge on any atom is 0.285 e. The summed E-state index contributed by atoms with van der Waals surface area (Å²) in [7, 11) is 0. The highest BCUT2D eigenvalue weighted by Gasteiger charge is 2.18. The summed E-state index contributed by atoms with van der Waals surface area (Å²) in [5.41, 5.74) is 3.30. The van der Waals surface area contributed by atoms with E-state index in [-0.39, 0.29) is 23.9 Å². The Balaban J connectivity index is 1.71. The summed E-state index contributed by atoms with van der Waals surface area (Å²) in [5, 5.41) is 16.7. The van der Waals surface area contributed by atoms with Crippen LogP contribution in [0.15, 0.2) is 65.5 Å². The molecule has 3 aromatic rings. The van der Waals surface area contributed by atoms with Crippen molar-refractivity contribution >= 4 is 5.91 Å². The molecule has 32 heavy (non-hydrogen) atoms. The molecule has 0 spiro atoms. The van der Waals surface area contributed by atoms with Crippen LogP contribution >= 0.6 is 0 Å². The summed E-state index contributed by atoms with van der Waals surface area (Å²) in [4.78, 5) is 25.2. The van der Waals surface area contributed by atoms with Crippen LogP contribution in [0, 0.1) is 11.3 Å². The van der Waals surface area contributed by atoms with Gasteiger partial charge in [-0.1, -0.05) is 74.5 Å². The predicted molar refractivity (Wildman–Crippen MR) is 124 cm³/mol. The van der Waals surface area contributed by atoms with Crippen LogP contribution in [0.4, 0.5) is 0 Å². The van der Waals surface area contributed by atoms with Crippen LogP contribution in [0.2, 0.25) is 0 Å². The van der Waals surface area contributed by atoms with E-state index in [0.29, 0.717) is 30.6 Å². The minimum Gasteiger partial charge on any atom is -0.354 e. The van der Waals surface area contributed by atoms with Crippen molar-refractivity contribution in [1.29, 1.82) is 5.26 Å². The summed E-state index contributed by atoms with van der Waals surface area (Å²) in [6.45, 7) is 4.07. The molecule has 0 unspecified atom stereocenters. The third-order valence-electron chi connectivity index (χ3n) is 5.59. The van der Waals surface area contributed by atoms with Crippen LogP contribution in [0.1, 0.15) is 54.1 Å². The molecule has 6 nitrogen and oxygen atoms in total. The van der Waals surface area contributed by atoms with E-state index in [2.05, 4.69) is 34.7 Å². The molecular formula is C26H28N4O2. The van der Waals surface area contributed by atoms with Crippen molar-refractivity contribution in [1.82, 2.24) is 15.1 Å². The number of rotatable bonds is 9. The minimum atomic E-state index is -0.511. The molecule has 0 fully saturated rings. The highest BCUT2D eigenvalue weighted by atomic mass is 16.2. The first kappa shape index (κ1) is 23.0. The van der Waals surface area contributed by atoms with Gasteiger partial charge in [-0.3, -0.25) is 9.59 Å². The van der Waals surface area contributed by atoms with Crippen molar-refractivity contribution in [3.05, 3.63) is 99.0 Å². The maximum absolute atomic E-state index is 12.6. The van der Waals surface area contributed by atoms with E-state index in [9.17, 15) is 14.9 Å². The lowest BCUT2D eigenvalue weighted by atomic mass is 9.88. The lowest BCUT2D eigenvalue weighted by Crippen LogP contribution is -2.36. The van der Waals surface area contributed by atoms with E-state index in [4.69, 9.17) is 0 Å². The van der Waals surface area contributed by atoms with E-state index in [1.54, 1.807) is 0 Å². The SMILES string of the molecule is CCc1nn(CC(=O)NCCC(c2ccccc2)c2ccccc2)c(=O)c(C#N)c1CC. The zero-order valence-electron chi connectivity index (χ0n) is 18.5. The third-order valence-corrected chi connectivity index (χ3v) is 5.59. The fraction of sp³-hybridized carbons (Fsp3) is 0.308. The molecule has 0 bridgehead atoms. The van der Waals surface area contributed by atoms with Crippen LogP contribution in [-0.2, 0) is 24.2 Å². The summed E-state index contributed by atoms with van der Waals surface area (Å²) >= 11 is 0. The number of hydrogen-bond donors (Lipinski definition) is 1. The molecule has 3 rings (SSSR count). The standard InChI is InChI=1S/C26H28N4O2/c1-3-21-23(17-27)26(32)30(29-24(21)4-2)18-25(31)28-16-15-22(19-11-7-5-8-12-19)20-13-9-6-10-14-20/h5-14,22H,3-4,15-16,18H2,1-2H3,(H,28,31). The van der Waals surface area contributed by atoms with Gasteiger partial charge < -0.3 is 5.32 Å². The highest BCUT2D eigenvalue weighted by molar-refractivity contribution is 5.75. The highest BCUT2D eigenvalue weighted by Crippen LogP contribution is 2.27. The molecule has 0 atom stereocenters. The zero-order valence-corrected chi connectivity index (χ0v) is 18.5. The van der Waals surface area contributed by atoms with E-state index < -0.39 is 5.56 Å². The van der Waals surface area contributed by atoms with E-state index >= 15 is 0 Å². The summed E-state index contributed by atoms with van der Waals surface area (Å²) in [6, 6.07) is 22.4. The number of carbonyl (C=O) groups is 1. The number of nitrogens with zero attached hydrogens (tertiary/aromatic N) is 3. The van der Waals surface area contributed by atoms with Crippen molar-refractivity contribution in [2.45, 2.75) is 45.6 Å². The van der Waals surface area contributed by atoms with Crippen molar-refractivity contribution < 1.29 is 4.79 Å². The Kier molecular flexibility index (Phi) is 7.93. The Labute approximate surface area is 188 Å². The van der Waals surface area contributed by atoms with Gasteiger partial charge in [0.05, 0.1) is 5.69 Å². The first-order valence-electron chi connectivity index (χ1n) is 11.0. The average molecular weight is 429 g/mol. The molecule has 0 saturated heterocycles. The van der Waals surface area contributed by atoms with E-state index in [1.807, 2.05) is 56.3 Å². The van der Waals surface area contributed by atoms with Crippen molar-refractivity contribution in [2.24, 2.45) is 0 Å². The molecular weight excluding hydrogens is 400 g/mol. The van der Waals surface area contributed by atoms with Crippen LogP contribution in [-0.4, -0.2) is 22.2 Å². The Hall–Kier alpha value is -3.72. The van der Waals surface area contributed by atoms with Crippen molar-refractivity contribution in [3.8, 4) is 6.07 Å². The van der Waals surface area contributed by atoms with Gasteiger partial charge >= 0.3 is 0 Å². The molecule has 0 saturated carbocycles. The number of nitriles is 1. The predicted octanol–water partition coefficient (Wildman–Crippen LogP) is 3.58. The molecule has 164 valence electrons. The second-order valence-corrected chi connectivity index (χ2v) is 7.59.